The number of aryl methyl sites for hydroxylation is 2. The molecule has 0 saturated heterocycles. The van der Waals surface area contributed by atoms with Gasteiger partial charge in [0.15, 0.2) is 6.61 Å². The highest BCUT2D eigenvalue weighted by atomic mass is 16.5. The average Bonchev–Trinajstić information content (AvgIpc) is 2.37. The van der Waals surface area contributed by atoms with E-state index in [0.29, 0.717) is 5.75 Å². The predicted octanol–water partition coefficient (Wildman–Crippen LogP) is 0.881. The summed E-state index contributed by atoms with van der Waals surface area (Å²) in [6.45, 7) is 9.02. The molecule has 0 saturated carbocycles. The molecule has 1 amide bonds. The van der Waals surface area contributed by atoms with Crippen LogP contribution in [0.25, 0.3) is 0 Å². The highest BCUT2D eigenvalue weighted by molar-refractivity contribution is 5.83. The van der Waals surface area contributed by atoms with Gasteiger partial charge in [0.25, 0.3) is 5.91 Å². The standard InChI is InChI=1S/C16H23NO4/c1-9(2)15(16(19)20)17-14(18)8-21-13-7-10(3)6-11(4)12(13)5/h6-7,9,15H,8H2,1-5H3,(H,17,18)(H,19,20)/p-1/t15-/m1/s1. The molecule has 1 atom stereocenters. The molecule has 0 fully saturated rings. The number of hydrogen-bond donors (Lipinski definition) is 1. The molecule has 0 aliphatic heterocycles. The number of benzene rings is 1. The molecule has 116 valence electrons. The number of hydrogen-bond acceptors (Lipinski definition) is 4. The van der Waals surface area contributed by atoms with Crippen LogP contribution in [0.15, 0.2) is 12.1 Å². The molecule has 0 unspecified atom stereocenters. The number of rotatable bonds is 6. The molecular formula is C16H22NO4-. The SMILES string of the molecule is Cc1cc(C)c(C)c(OCC(=O)N[C@@H](C(=O)[O-])C(C)C)c1. The van der Waals surface area contributed by atoms with Gasteiger partial charge in [0.05, 0.1) is 12.0 Å². The van der Waals surface area contributed by atoms with Gasteiger partial charge in [-0.05, 0) is 49.4 Å². The molecule has 1 N–H and O–H groups in total. The maximum absolute atomic E-state index is 11.8. The highest BCUT2D eigenvalue weighted by Crippen LogP contribution is 2.23. The highest BCUT2D eigenvalue weighted by Gasteiger charge is 2.17. The Morgan fingerprint density at radius 3 is 2.38 bits per heavy atom. The maximum atomic E-state index is 11.8. The Labute approximate surface area is 125 Å². The second-order valence-corrected chi connectivity index (χ2v) is 5.60. The van der Waals surface area contributed by atoms with Crippen molar-refractivity contribution in [1.29, 1.82) is 0 Å². The minimum absolute atomic E-state index is 0.222. The van der Waals surface area contributed by atoms with E-state index in [9.17, 15) is 14.7 Å². The lowest BCUT2D eigenvalue weighted by Gasteiger charge is -2.23. The molecule has 0 radical (unpaired) electrons. The third kappa shape index (κ3) is 4.77. The quantitative estimate of drug-likeness (QED) is 0.844. The van der Waals surface area contributed by atoms with Gasteiger partial charge in [-0.3, -0.25) is 4.79 Å². The smallest absolute Gasteiger partial charge is 0.258 e. The van der Waals surface area contributed by atoms with Crippen LogP contribution in [0.4, 0.5) is 0 Å². The summed E-state index contributed by atoms with van der Waals surface area (Å²) in [5.41, 5.74) is 3.09. The number of aliphatic carboxylic acids is 1. The molecular weight excluding hydrogens is 270 g/mol. The topological polar surface area (TPSA) is 78.5 Å². The Bertz CT molecular complexity index is 537. The summed E-state index contributed by atoms with van der Waals surface area (Å²) >= 11 is 0. The Morgan fingerprint density at radius 2 is 1.86 bits per heavy atom. The van der Waals surface area contributed by atoms with Crippen molar-refractivity contribution in [2.75, 3.05) is 6.61 Å². The number of carboxylic acids is 1. The van der Waals surface area contributed by atoms with E-state index in [0.717, 1.165) is 16.7 Å². The lowest BCUT2D eigenvalue weighted by atomic mass is 10.0. The first-order chi connectivity index (χ1) is 9.72. The van der Waals surface area contributed by atoms with Gasteiger partial charge in [-0.25, -0.2) is 0 Å². The van der Waals surface area contributed by atoms with Crippen LogP contribution in [0.5, 0.6) is 5.75 Å². The Kier molecular flexibility index (Phi) is 5.76. The monoisotopic (exact) mass is 292 g/mol. The predicted molar refractivity (Wildman–Crippen MR) is 77.9 cm³/mol. The lowest BCUT2D eigenvalue weighted by molar-refractivity contribution is -0.309. The Morgan fingerprint density at radius 1 is 1.24 bits per heavy atom. The molecule has 21 heavy (non-hydrogen) atoms. The number of carboxylic acid groups (broad SMARTS) is 1. The van der Waals surface area contributed by atoms with E-state index in [2.05, 4.69) is 5.32 Å². The van der Waals surface area contributed by atoms with Crippen LogP contribution < -0.4 is 15.2 Å². The zero-order valence-corrected chi connectivity index (χ0v) is 13.1. The number of nitrogens with one attached hydrogen (secondary N) is 1. The van der Waals surface area contributed by atoms with E-state index >= 15 is 0 Å². The van der Waals surface area contributed by atoms with Crippen LogP contribution >= 0.6 is 0 Å². The first-order valence-corrected chi connectivity index (χ1v) is 6.93. The third-order valence-corrected chi connectivity index (χ3v) is 3.36. The molecule has 0 heterocycles. The van der Waals surface area contributed by atoms with Crippen molar-refractivity contribution >= 4 is 11.9 Å². The molecule has 1 rings (SSSR count). The summed E-state index contributed by atoms with van der Waals surface area (Å²) in [5.74, 6) is -1.38. The van der Waals surface area contributed by atoms with Crippen LogP contribution in [0.1, 0.15) is 30.5 Å². The maximum Gasteiger partial charge on any atom is 0.258 e. The summed E-state index contributed by atoms with van der Waals surface area (Å²) in [6.07, 6.45) is 0. The third-order valence-electron chi connectivity index (χ3n) is 3.36. The number of ether oxygens (including phenoxy) is 1. The zero-order valence-electron chi connectivity index (χ0n) is 13.1. The van der Waals surface area contributed by atoms with Crippen molar-refractivity contribution < 1.29 is 19.4 Å². The van der Waals surface area contributed by atoms with Crippen molar-refractivity contribution in [2.45, 2.75) is 40.7 Å². The molecule has 0 bridgehead atoms. The Hall–Kier alpha value is -2.04. The van der Waals surface area contributed by atoms with Gasteiger partial charge in [0.1, 0.15) is 5.75 Å². The number of carbonyl (C=O) groups excluding carboxylic acids is 2. The van der Waals surface area contributed by atoms with Gasteiger partial charge in [-0.15, -0.1) is 0 Å². The normalized spacial score (nSPS) is 12.1. The summed E-state index contributed by atoms with van der Waals surface area (Å²) in [5, 5.41) is 13.3. The van der Waals surface area contributed by atoms with Crippen LogP contribution in [-0.4, -0.2) is 24.5 Å². The lowest BCUT2D eigenvalue weighted by Crippen LogP contribution is -2.51. The fourth-order valence-electron chi connectivity index (χ4n) is 2.01. The van der Waals surface area contributed by atoms with E-state index in [1.54, 1.807) is 13.8 Å². The van der Waals surface area contributed by atoms with E-state index in [4.69, 9.17) is 4.74 Å². The van der Waals surface area contributed by atoms with E-state index in [1.165, 1.54) is 0 Å². The number of carbonyl (C=O) groups is 2. The van der Waals surface area contributed by atoms with Crippen molar-refractivity contribution in [3.63, 3.8) is 0 Å². The fraction of sp³-hybridized carbons (Fsp3) is 0.500. The molecule has 5 nitrogen and oxygen atoms in total. The summed E-state index contributed by atoms with van der Waals surface area (Å²) in [6, 6.07) is 2.88. The number of amides is 1. The van der Waals surface area contributed by atoms with Crippen LogP contribution in [0.2, 0.25) is 0 Å². The molecule has 5 heteroatoms. The van der Waals surface area contributed by atoms with Gasteiger partial charge < -0.3 is 20.0 Å². The molecule has 0 aliphatic carbocycles. The van der Waals surface area contributed by atoms with Crippen molar-refractivity contribution in [1.82, 2.24) is 5.32 Å². The van der Waals surface area contributed by atoms with Gasteiger partial charge in [0.2, 0.25) is 0 Å². The van der Waals surface area contributed by atoms with E-state index in [-0.39, 0.29) is 12.5 Å². The second kappa shape index (κ2) is 7.11. The van der Waals surface area contributed by atoms with Crippen LogP contribution in [-0.2, 0) is 9.59 Å². The van der Waals surface area contributed by atoms with Crippen LogP contribution in [0, 0.1) is 26.7 Å². The Balaban J connectivity index is 2.67. The van der Waals surface area contributed by atoms with Gasteiger partial charge >= 0.3 is 0 Å². The van der Waals surface area contributed by atoms with Gasteiger partial charge in [-0.1, -0.05) is 19.9 Å². The fourth-order valence-corrected chi connectivity index (χ4v) is 2.01. The van der Waals surface area contributed by atoms with E-state index in [1.807, 2.05) is 32.9 Å². The summed E-state index contributed by atoms with van der Waals surface area (Å²) < 4.78 is 5.50. The first-order valence-electron chi connectivity index (χ1n) is 6.93. The largest absolute Gasteiger partial charge is 0.548 e. The molecule has 0 aromatic heterocycles. The molecule has 0 aliphatic rings. The van der Waals surface area contributed by atoms with Gasteiger partial charge in [0, 0.05) is 0 Å². The van der Waals surface area contributed by atoms with Gasteiger partial charge in [-0.2, -0.15) is 0 Å². The molecule has 0 spiro atoms. The molecule has 1 aromatic carbocycles. The zero-order chi connectivity index (χ0) is 16.2. The van der Waals surface area contributed by atoms with E-state index < -0.39 is 17.9 Å². The summed E-state index contributed by atoms with van der Waals surface area (Å²) in [7, 11) is 0. The van der Waals surface area contributed by atoms with Crippen molar-refractivity contribution in [2.24, 2.45) is 5.92 Å². The second-order valence-electron chi connectivity index (χ2n) is 5.60. The van der Waals surface area contributed by atoms with Crippen molar-refractivity contribution in [3.05, 3.63) is 28.8 Å². The first kappa shape index (κ1) is 17.0. The minimum atomic E-state index is -1.29. The van der Waals surface area contributed by atoms with Crippen molar-refractivity contribution in [3.8, 4) is 5.75 Å². The molecule has 1 aromatic rings. The summed E-state index contributed by atoms with van der Waals surface area (Å²) in [4.78, 5) is 22.7. The average molecular weight is 292 g/mol. The minimum Gasteiger partial charge on any atom is -0.548 e. The van der Waals surface area contributed by atoms with Crippen LogP contribution in [0.3, 0.4) is 0 Å².